The van der Waals surface area contributed by atoms with Crippen molar-refractivity contribution in [2.24, 2.45) is 0 Å². The van der Waals surface area contributed by atoms with Crippen LogP contribution in [-0.2, 0) is 0 Å². The summed E-state index contributed by atoms with van der Waals surface area (Å²) in [6.45, 7) is 18.0. The first-order chi connectivity index (χ1) is 26.0. The summed E-state index contributed by atoms with van der Waals surface area (Å²) in [5, 5.41) is 13.6. The van der Waals surface area contributed by atoms with Crippen LogP contribution >= 0.6 is 15.8 Å². The predicted molar refractivity (Wildman–Crippen MR) is 242 cm³/mol. The molecule has 8 aromatic carbocycles. The van der Waals surface area contributed by atoms with Crippen LogP contribution < -0.4 is 31.8 Å². The van der Waals surface area contributed by atoms with Crippen molar-refractivity contribution in [3.05, 3.63) is 190 Å². The molecule has 0 atom stereocenters. The van der Waals surface area contributed by atoms with Crippen molar-refractivity contribution in [2.75, 3.05) is 0 Å². The average Bonchev–Trinajstić information content (AvgIpc) is 3.10. The summed E-state index contributed by atoms with van der Waals surface area (Å²) in [5.41, 5.74) is 13.2. The lowest BCUT2D eigenvalue weighted by Gasteiger charge is -2.29. The highest BCUT2D eigenvalue weighted by Gasteiger charge is 2.29. The van der Waals surface area contributed by atoms with E-state index >= 15 is 0 Å². The largest absolute Gasteiger partial charge is 0.0616 e. The molecule has 0 nitrogen and oxygen atoms in total. The fourth-order valence-electron chi connectivity index (χ4n) is 8.59. The Morgan fingerprint density at radius 1 is 0.278 bits per heavy atom. The second kappa shape index (κ2) is 14.8. The van der Waals surface area contributed by atoms with Gasteiger partial charge in [-0.25, -0.2) is 0 Å². The molecule has 0 aliphatic rings. The van der Waals surface area contributed by atoms with Gasteiger partial charge in [-0.1, -0.05) is 190 Å². The van der Waals surface area contributed by atoms with Crippen LogP contribution in [0.1, 0.15) is 44.5 Å². The van der Waals surface area contributed by atoms with Crippen LogP contribution in [0.25, 0.3) is 32.7 Å². The van der Waals surface area contributed by atoms with E-state index < -0.39 is 15.8 Å². The molecule has 8 rings (SSSR count). The summed E-state index contributed by atoms with van der Waals surface area (Å²) in [6, 6.07) is 56.6. The Labute approximate surface area is 324 Å². The van der Waals surface area contributed by atoms with E-state index in [-0.39, 0.29) is 0 Å². The van der Waals surface area contributed by atoms with Gasteiger partial charge in [-0.2, -0.15) is 0 Å². The lowest BCUT2D eigenvalue weighted by atomic mass is 9.93. The maximum Gasteiger partial charge on any atom is -0.000884 e. The Bertz CT molecular complexity index is 2340. The Balaban J connectivity index is 1.56. The second-order valence-corrected chi connectivity index (χ2v) is 19.8. The van der Waals surface area contributed by atoms with Gasteiger partial charge in [0, 0.05) is 0 Å². The van der Waals surface area contributed by atoms with E-state index in [1.807, 2.05) is 0 Å². The van der Waals surface area contributed by atoms with Crippen LogP contribution in [0.2, 0.25) is 0 Å². The molecule has 0 heterocycles. The summed E-state index contributed by atoms with van der Waals surface area (Å²) in [5.74, 6) is 0. The van der Waals surface area contributed by atoms with Crippen LogP contribution in [0.5, 0.6) is 0 Å². The van der Waals surface area contributed by atoms with Crippen molar-refractivity contribution in [3.8, 4) is 11.1 Å². The number of hydrogen-bond acceptors (Lipinski definition) is 0. The van der Waals surface area contributed by atoms with E-state index in [0.717, 1.165) is 0 Å². The van der Waals surface area contributed by atoms with Gasteiger partial charge < -0.3 is 0 Å². The van der Waals surface area contributed by atoms with E-state index in [9.17, 15) is 0 Å². The third-order valence-electron chi connectivity index (χ3n) is 10.4. The third-order valence-corrected chi connectivity index (χ3v) is 15.2. The van der Waals surface area contributed by atoms with Crippen LogP contribution in [0, 0.1) is 55.4 Å². The standard InChI is InChI=1S/C52H48P2/c1-33-21-34(2)26-43(25-33)53(44-27-35(3)22-36(4)28-44)49-19-17-41-13-9-11-15-47(41)51(49)52-48-16-12-10-14-42(48)18-20-50(52)54(45-29-37(5)23-38(6)30-45)46-31-39(7)24-40(8)32-46/h9-32H,1-8H3. The Kier molecular flexibility index (Phi) is 9.87. The normalized spacial score (nSPS) is 11.7. The van der Waals surface area contributed by atoms with Gasteiger partial charge in [0.25, 0.3) is 0 Å². The van der Waals surface area contributed by atoms with E-state index in [1.54, 1.807) is 0 Å². The van der Waals surface area contributed by atoms with E-state index in [2.05, 4.69) is 201 Å². The maximum atomic E-state index is 2.47. The van der Waals surface area contributed by atoms with Crippen molar-refractivity contribution in [3.63, 3.8) is 0 Å². The Morgan fingerprint density at radius 3 is 0.815 bits per heavy atom. The molecule has 0 unspecified atom stereocenters. The molecular formula is C52H48P2. The van der Waals surface area contributed by atoms with E-state index in [1.165, 1.54) is 109 Å². The lowest BCUT2D eigenvalue weighted by molar-refractivity contribution is 1.40. The van der Waals surface area contributed by atoms with Gasteiger partial charge >= 0.3 is 0 Å². The van der Waals surface area contributed by atoms with Gasteiger partial charge in [-0.05, 0) is 136 Å². The van der Waals surface area contributed by atoms with Crippen molar-refractivity contribution in [1.29, 1.82) is 0 Å². The first-order valence-corrected chi connectivity index (χ1v) is 21.7. The van der Waals surface area contributed by atoms with E-state index in [4.69, 9.17) is 0 Å². The molecular weight excluding hydrogens is 687 g/mol. The molecule has 266 valence electrons. The maximum absolute atomic E-state index is 2.47. The molecule has 0 aromatic heterocycles. The zero-order valence-electron chi connectivity index (χ0n) is 32.8. The van der Waals surface area contributed by atoms with Crippen molar-refractivity contribution >= 4 is 69.2 Å². The highest BCUT2D eigenvalue weighted by Crippen LogP contribution is 2.46. The Hall–Kier alpha value is -4.86. The number of rotatable bonds is 7. The molecule has 54 heavy (non-hydrogen) atoms. The number of hydrogen-bond donors (Lipinski definition) is 0. The number of benzene rings is 8. The number of aryl methyl sites for hydroxylation is 8. The highest BCUT2D eigenvalue weighted by molar-refractivity contribution is 7.81. The van der Waals surface area contributed by atoms with Gasteiger partial charge in [-0.15, -0.1) is 0 Å². The molecule has 0 radical (unpaired) electrons. The molecule has 0 aliphatic carbocycles. The molecule has 0 bridgehead atoms. The first kappa shape index (κ1) is 36.1. The van der Waals surface area contributed by atoms with Gasteiger partial charge in [0.05, 0.1) is 0 Å². The fraction of sp³-hybridized carbons (Fsp3) is 0.154. The van der Waals surface area contributed by atoms with Crippen LogP contribution in [0.4, 0.5) is 0 Å². The Morgan fingerprint density at radius 2 is 0.537 bits per heavy atom. The molecule has 0 spiro atoms. The summed E-state index contributed by atoms with van der Waals surface area (Å²) < 4.78 is 0. The predicted octanol–water partition coefficient (Wildman–Crippen LogP) is 11.6. The van der Waals surface area contributed by atoms with Crippen LogP contribution in [-0.4, -0.2) is 0 Å². The highest BCUT2D eigenvalue weighted by atomic mass is 31.1. The van der Waals surface area contributed by atoms with Crippen LogP contribution in [0.3, 0.4) is 0 Å². The van der Waals surface area contributed by atoms with Gasteiger partial charge in [0.15, 0.2) is 0 Å². The molecule has 0 saturated carbocycles. The summed E-state index contributed by atoms with van der Waals surface area (Å²) >= 11 is 0. The minimum atomic E-state index is -0.937. The van der Waals surface area contributed by atoms with Crippen molar-refractivity contribution in [1.82, 2.24) is 0 Å². The molecule has 0 amide bonds. The fourth-order valence-corrected chi connectivity index (χ4v) is 14.3. The SMILES string of the molecule is Cc1cc(C)cc(P(c2cc(C)cc(C)c2)c2ccc3ccccc3c2-c2c(P(c3cc(C)cc(C)c3)c3cc(C)cc(C)c3)ccc3ccccc23)c1. The van der Waals surface area contributed by atoms with Gasteiger partial charge in [0.2, 0.25) is 0 Å². The molecule has 0 fully saturated rings. The topological polar surface area (TPSA) is 0 Å². The van der Waals surface area contributed by atoms with Crippen molar-refractivity contribution in [2.45, 2.75) is 55.4 Å². The number of fused-ring (bicyclic) bond motifs is 2. The van der Waals surface area contributed by atoms with Crippen molar-refractivity contribution < 1.29 is 0 Å². The average molecular weight is 735 g/mol. The summed E-state index contributed by atoms with van der Waals surface area (Å²) in [6.07, 6.45) is 0. The molecule has 0 N–H and O–H groups in total. The molecule has 8 aromatic rings. The lowest BCUT2D eigenvalue weighted by Crippen LogP contribution is -2.27. The first-order valence-electron chi connectivity index (χ1n) is 19.0. The van der Waals surface area contributed by atoms with E-state index in [0.29, 0.717) is 0 Å². The summed E-state index contributed by atoms with van der Waals surface area (Å²) in [7, 11) is -1.87. The smallest absolute Gasteiger partial charge is 0.000884 e. The second-order valence-electron chi connectivity index (χ2n) is 15.4. The third kappa shape index (κ3) is 7.07. The molecule has 0 saturated heterocycles. The molecule has 2 heteroatoms. The quantitative estimate of drug-likeness (QED) is 0.143. The molecule has 0 aliphatic heterocycles. The summed E-state index contributed by atoms with van der Waals surface area (Å²) in [4.78, 5) is 0. The zero-order chi connectivity index (χ0) is 37.7. The van der Waals surface area contributed by atoms with Gasteiger partial charge in [0.1, 0.15) is 0 Å². The van der Waals surface area contributed by atoms with Gasteiger partial charge in [-0.3, -0.25) is 0 Å². The minimum absolute atomic E-state index is 0.937. The monoisotopic (exact) mass is 734 g/mol. The minimum Gasteiger partial charge on any atom is -0.0616 e. The zero-order valence-corrected chi connectivity index (χ0v) is 34.5. The van der Waals surface area contributed by atoms with Crippen LogP contribution in [0.15, 0.2) is 146 Å².